The molecule has 2 aromatic carbocycles. The second-order valence-electron chi connectivity index (χ2n) is 6.23. The van der Waals surface area contributed by atoms with Crippen LogP contribution in [0.15, 0.2) is 66.8 Å². The Kier molecular flexibility index (Phi) is 4.91. The van der Waals surface area contributed by atoms with Crippen LogP contribution in [0.25, 0.3) is 11.1 Å². The predicted molar refractivity (Wildman–Crippen MR) is 96.4 cm³/mol. The van der Waals surface area contributed by atoms with E-state index in [0.29, 0.717) is 16.9 Å². The molecule has 0 radical (unpaired) electrons. The third-order valence-electron chi connectivity index (χ3n) is 3.86. The quantitative estimate of drug-likeness (QED) is 0.249. The highest BCUT2D eigenvalue weighted by Gasteiger charge is 2.42. The maximum absolute atomic E-state index is 14.3. The molecule has 1 saturated heterocycles. The molecule has 1 aliphatic rings. The number of benzene rings is 2. The van der Waals surface area contributed by atoms with Gasteiger partial charge in [0.25, 0.3) is 0 Å². The molecular formula is C21H19FO4. The van der Waals surface area contributed by atoms with Crippen LogP contribution in [0, 0.1) is 5.82 Å². The summed E-state index contributed by atoms with van der Waals surface area (Å²) in [6.45, 7) is 10.7. The average Bonchev–Trinajstić information content (AvgIpc) is 3.37. The van der Waals surface area contributed by atoms with E-state index in [1.807, 2.05) is 6.92 Å². The van der Waals surface area contributed by atoms with Gasteiger partial charge in [0, 0.05) is 5.57 Å². The molecule has 2 aromatic rings. The van der Waals surface area contributed by atoms with Gasteiger partial charge >= 0.3 is 5.97 Å². The number of esters is 1. The molecule has 1 aliphatic heterocycles. The van der Waals surface area contributed by atoms with Gasteiger partial charge in [0.1, 0.15) is 11.9 Å². The molecule has 0 saturated carbocycles. The van der Waals surface area contributed by atoms with E-state index in [1.165, 1.54) is 6.07 Å². The minimum atomic E-state index is -0.486. The zero-order chi connectivity index (χ0) is 18.8. The van der Waals surface area contributed by atoms with Gasteiger partial charge in [-0.15, -0.1) is 0 Å². The van der Waals surface area contributed by atoms with E-state index in [2.05, 4.69) is 13.2 Å². The number of epoxide rings is 1. The molecule has 3 rings (SSSR count). The Balaban J connectivity index is 1.70. The first-order chi connectivity index (χ1) is 12.3. The van der Waals surface area contributed by atoms with Crippen molar-refractivity contribution in [3.05, 3.63) is 72.6 Å². The lowest BCUT2D eigenvalue weighted by molar-refractivity contribution is -0.130. The maximum atomic E-state index is 14.3. The topological polar surface area (TPSA) is 48.1 Å². The Hall–Kier alpha value is -2.92. The highest BCUT2D eigenvalue weighted by Crippen LogP contribution is 2.33. The smallest absolute Gasteiger partial charge is 0.338 e. The van der Waals surface area contributed by atoms with Crippen LogP contribution in [0.1, 0.15) is 13.8 Å². The van der Waals surface area contributed by atoms with Crippen molar-refractivity contribution in [1.82, 2.24) is 0 Å². The number of ether oxygens (including phenoxy) is 3. The standard InChI is InChI=1S/C21H19FO4/c1-12(2)19-21(26-19)25-18-10-7-15(11-17(18)22)14-5-8-16(9-6-14)24-20(23)13(3)4/h5-11,19,21H,1,3H2,2,4H3. The van der Waals surface area contributed by atoms with Crippen LogP contribution in [0.3, 0.4) is 0 Å². The Morgan fingerprint density at radius 3 is 2.27 bits per heavy atom. The van der Waals surface area contributed by atoms with Crippen molar-refractivity contribution in [2.24, 2.45) is 0 Å². The van der Waals surface area contributed by atoms with E-state index in [4.69, 9.17) is 14.2 Å². The normalized spacial score (nSPS) is 18.1. The van der Waals surface area contributed by atoms with E-state index >= 15 is 0 Å². The molecule has 4 nitrogen and oxygen atoms in total. The zero-order valence-corrected chi connectivity index (χ0v) is 14.6. The average molecular weight is 354 g/mol. The lowest BCUT2D eigenvalue weighted by Gasteiger charge is -2.08. The molecule has 0 amide bonds. The fraction of sp³-hybridized carbons (Fsp3) is 0.190. The molecule has 5 heteroatoms. The van der Waals surface area contributed by atoms with Gasteiger partial charge in [0.15, 0.2) is 11.6 Å². The summed E-state index contributed by atoms with van der Waals surface area (Å²) in [6.07, 6.45) is -0.654. The van der Waals surface area contributed by atoms with Crippen LogP contribution >= 0.6 is 0 Å². The SMILES string of the molecule is C=C(C)C(=O)Oc1ccc(-c2ccc(OC3OC3C(=C)C)c(F)c2)cc1. The minimum Gasteiger partial charge on any atom is -0.459 e. The zero-order valence-electron chi connectivity index (χ0n) is 14.6. The highest BCUT2D eigenvalue weighted by atomic mass is 19.1. The van der Waals surface area contributed by atoms with Gasteiger partial charge in [-0.2, -0.15) is 0 Å². The Bertz CT molecular complexity index is 870. The number of carbonyl (C=O) groups excluding carboxylic acids is 1. The summed E-state index contributed by atoms with van der Waals surface area (Å²) in [6, 6.07) is 11.5. The first kappa shape index (κ1) is 17.9. The lowest BCUT2D eigenvalue weighted by atomic mass is 10.1. The van der Waals surface area contributed by atoms with E-state index in [0.717, 1.165) is 11.1 Å². The van der Waals surface area contributed by atoms with Gasteiger partial charge in [0.2, 0.25) is 6.29 Å². The summed E-state index contributed by atoms with van der Waals surface area (Å²) in [5.74, 6) is -0.426. The first-order valence-corrected chi connectivity index (χ1v) is 8.10. The number of rotatable bonds is 6. The molecule has 1 heterocycles. The van der Waals surface area contributed by atoms with Crippen molar-refractivity contribution in [2.45, 2.75) is 26.2 Å². The summed E-state index contributed by atoms with van der Waals surface area (Å²) >= 11 is 0. The molecule has 26 heavy (non-hydrogen) atoms. The van der Waals surface area contributed by atoms with E-state index in [-0.39, 0.29) is 11.9 Å². The van der Waals surface area contributed by atoms with E-state index < -0.39 is 18.1 Å². The van der Waals surface area contributed by atoms with E-state index in [9.17, 15) is 9.18 Å². The summed E-state index contributed by atoms with van der Waals surface area (Å²) in [4.78, 5) is 11.5. The number of carbonyl (C=O) groups is 1. The second-order valence-corrected chi connectivity index (χ2v) is 6.23. The molecule has 1 fully saturated rings. The third kappa shape index (κ3) is 4.00. The fourth-order valence-corrected chi connectivity index (χ4v) is 2.35. The molecular weight excluding hydrogens is 335 g/mol. The summed E-state index contributed by atoms with van der Waals surface area (Å²) in [5.41, 5.74) is 2.63. The van der Waals surface area contributed by atoms with Gasteiger partial charge in [-0.1, -0.05) is 31.4 Å². The van der Waals surface area contributed by atoms with E-state index in [1.54, 1.807) is 43.3 Å². The molecule has 2 atom stereocenters. The number of hydrogen-bond acceptors (Lipinski definition) is 4. The molecule has 0 bridgehead atoms. The predicted octanol–water partition coefficient (Wildman–Crippen LogP) is 4.65. The van der Waals surface area contributed by atoms with Gasteiger partial charge in [-0.25, -0.2) is 9.18 Å². The van der Waals surface area contributed by atoms with Gasteiger partial charge < -0.3 is 14.2 Å². The van der Waals surface area contributed by atoms with Crippen LogP contribution in [-0.2, 0) is 9.53 Å². The van der Waals surface area contributed by atoms with Crippen molar-refractivity contribution >= 4 is 5.97 Å². The van der Waals surface area contributed by atoms with Crippen LogP contribution in [-0.4, -0.2) is 18.4 Å². The summed E-state index contributed by atoms with van der Waals surface area (Å²) < 4.78 is 30.2. The van der Waals surface area contributed by atoms with Gasteiger partial charge in [0.05, 0.1) is 0 Å². The molecule has 2 unspecified atom stereocenters. The fourth-order valence-electron chi connectivity index (χ4n) is 2.35. The molecule has 0 aromatic heterocycles. The van der Waals surface area contributed by atoms with Gasteiger partial charge in [-0.3, -0.25) is 0 Å². The number of halogens is 1. The summed E-state index contributed by atoms with van der Waals surface area (Å²) in [7, 11) is 0. The molecule has 0 aliphatic carbocycles. The molecule has 0 spiro atoms. The number of hydrogen-bond donors (Lipinski definition) is 0. The van der Waals surface area contributed by atoms with Crippen LogP contribution < -0.4 is 9.47 Å². The molecule has 0 N–H and O–H groups in total. The monoisotopic (exact) mass is 354 g/mol. The Labute approximate surface area is 151 Å². The van der Waals surface area contributed by atoms with Crippen LogP contribution in [0.2, 0.25) is 0 Å². The third-order valence-corrected chi connectivity index (χ3v) is 3.86. The van der Waals surface area contributed by atoms with Crippen molar-refractivity contribution in [2.75, 3.05) is 0 Å². The van der Waals surface area contributed by atoms with Crippen molar-refractivity contribution in [1.29, 1.82) is 0 Å². The first-order valence-electron chi connectivity index (χ1n) is 8.10. The molecule has 134 valence electrons. The Morgan fingerprint density at radius 2 is 1.73 bits per heavy atom. The van der Waals surface area contributed by atoms with Crippen molar-refractivity contribution in [3.8, 4) is 22.6 Å². The Morgan fingerprint density at radius 1 is 1.08 bits per heavy atom. The highest BCUT2D eigenvalue weighted by molar-refractivity contribution is 5.88. The lowest BCUT2D eigenvalue weighted by Crippen LogP contribution is -2.07. The van der Waals surface area contributed by atoms with Crippen LogP contribution in [0.5, 0.6) is 11.5 Å². The maximum Gasteiger partial charge on any atom is 0.338 e. The summed E-state index contributed by atoms with van der Waals surface area (Å²) in [5, 5.41) is 0. The van der Waals surface area contributed by atoms with Crippen LogP contribution in [0.4, 0.5) is 4.39 Å². The van der Waals surface area contributed by atoms with Crippen molar-refractivity contribution < 1.29 is 23.4 Å². The second kappa shape index (κ2) is 7.14. The minimum absolute atomic E-state index is 0.134. The van der Waals surface area contributed by atoms with Crippen molar-refractivity contribution in [3.63, 3.8) is 0 Å². The van der Waals surface area contributed by atoms with Gasteiger partial charge in [-0.05, 0) is 54.8 Å². The largest absolute Gasteiger partial charge is 0.459 e.